The third-order valence-corrected chi connectivity index (χ3v) is 3.70. The minimum atomic E-state index is -0.460. The number of nitrogens with zero attached hydrogens (tertiary/aromatic N) is 2. The van der Waals surface area contributed by atoms with E-state index in [9.17, 15) is 5.11 Å². The highest BCUT2D eigenvalue weighted by Crippen LogP contribution is 2.25. The molecule has 94 valence electrons. The molecule has 0 radical (unpaired) electrons. The molecule has 0 saturated heterocycles. The molecule has 0 spiro atoms. The Morgan fingerprint density at radius 3 is 2.94 bits per heavy atom. The van der Waals surface area contributed by atoms with E-state index in [0.717, 1.165) is 5.56 Å². The zero-order valence-corrected chi connectivity index (χ0v) is 10.6. The van der Waals surface area contributed by atoms with Crippen molar-refractivity contribution < 1.29 is 5.11 Å². The Labute approximate surface area is 107 Å². The average Bonchev–Trinajstić information content (AvgIpc) is 2.96. The molecule has 0 fully saturated rings. The molecule has 3 nitrogen and oxygen atoms in total. The molecule has 2 aromatic rings. The highest BCUT2D eigenvalue weighted by Gasteiger charge is 2.14. The molecule has 1 heterocycles. The molecule has 0 bridgehead atoms. The monoisotopic (exact) mass is 242 g/mol. The number of hydrogen-bond donors (Lipinski definition) is 1. The second-order valence-corrected chi connectivity index (χ2v) is 5.12. The summed E-state index contributed by atoms with van der Waals surface area (Å²) in [4.78, 5) is 0. The van der Waals surface area contributed by atoms with Gasteiger partial charge in [0.05, 0.1) is 12.3 Å². The zero-order valence-electron chi connectivity index (χ0n) is 10.6. The van der Waals surface area contributed by atoms with Crippen LogP contribution in [-0.4, -0.2) is 14.9 Å². The van der Waals surface area contributed by atoms with E-state index in [1.54, 1.807) is 10.9 Å². The number of aliphatic hydroxyl groups is 1. The Balaban J connectivity index is 1.76. The maximum atomic E-state index is 10.2. The summed E-state index contributed by atoms with van der Waals surface area (Å²) in [7, 11) is 1.87. The van der Waals surface area contributed by atoms with Crippen LogP contribution in [0.25, 0.3) is 0 Å². The van der Waals surface area contributed by atoms with Gasteiger partial charge < -0.3 is 5.11 Å². The Morgan fingerprint density at radius 1 is 1.33 bits per heavy atom. The van der Waals surface area contributed by atoms with Crippen molar-refractivity contribution in [2.24, 2.45) is 7.05 Å². The summed E-state index contributed by atoms with van der Waals surface area (Å²) >= 11 is 0. The molecule has 1 aliphatic rings. The molecule has 0 amide bonds. The van der Waals surface area contributed by atoms with E-state index in [-0.39, 0.29) is 0 Å². The number of rotatable bonds is 3. The van der Waals surface area contributed by atoms with Gasteiger partial charge >= 0.3 is 0 Å². The van der Waals surface area contributed by atoms with Crippen molar-refractivity contribution in [2.45, 2.75) is 31.8 Å². The first-order valence-corrected chi connectivity index (χ1v) is 6.49. The highest BCUT2D eigenvalue weighted by molar-refractivity contribution is 5.35. The SMILES string of the molecule is Cn1cc(C(O)Cc2ccc3c(c2)CCC3)cn1. The fraction of sp³-hybridized carbons (Fsp3) is 0.400. The van der Waals surface area contributed by atoms with Crippen molar-refractivity contribution in [3.63, 3.8) is 0 Å². The van der Waals surface area contributed by atoms with E-state index in [0.29, 0.717) is 6.42 Å². The molecular weight excluding hydrogens is 224 g/mol. The van der Waals surface area contributed by atoms with Gasteiger partial charge in [-0.25, -0.2) is 0 Å². The minimum absolute atomic E-state index is 0.460. The molecule has 0 aliphatic heterocycles. The van der Waals surface area contributed by atoms with Crippen LogP contribution < -0.4 is 0 Å². The second kappa shape index (κ2) is 4.58. The average molecular weight is 242 g/mol. The number of aromatic nitrogens is 2. The smallest absolute Gasteiger partial charge is 0.0860 e. The molecule has 18 heavy (non-hydrogen) atoms. The van der Waals surface area contributed by atoms with Gasteiger partial charge in [0.1, 0.15) is 0 Å². The van der Waals surface area contributed by atoms with Crippen LogP contribution in [0.1, 0.15) is 34.8 Å². The first kappa shape index (κ1) is 11.5. The summed E-state index contributed by atoms with van der Waals surface area (Å²) < 4.78 is 1.72. The normalized spacial score (nSPS) is 15.7. The molecule has 1 atom stereocenters. The maximum Gasteiger partial charge on any atom is 0.0860 e. The standard InChI is InChI=1S/C15H18N2O/c1-17-10-14(9-16-17)15(18)8-11-5-6-12-3-2-4-13(12)7-11/h5-7,9-10,15,18H,2-4,8H2,1H3. The molecule has 1 unspecified atom stereocenters. The number of fused-ring (bicyclic) bond motifs is 1. The van der Waals surface area contributed by atoms with Crippen LogP contribution in [0, 0.1) is 0 Å². The van der Waals surface area contributed by atoms with Gasteiger partial charge in [0.2, 0.25) is 0 Å². The van der Waals surface area contributed by atoms with Crippen molar-refractivity contribution in [3.8, 4) is 0 Å². The maximum absolute atomic E-state index is 10.2. The zero-order chi connectivity index (χ0) is 12.5. The number of hydrogen-bond acceptors (Lipinski definition) is 2. The Hall–Kier alpha value is -1.61. The van der Waals surface area contributed by atoms with Crippen LogP contribution in [-0.2, 0) is 26.3 Å². The van der Waals surface area contributed by atoms with E-state index in [4.69, 9.17) is 0 Å². The van der Waals surface area contributed by atoms with Gasteiger partial charge in [-0.05, 0) is 36.0 Å². The molecule has 1 aromatic heterocycles. The van der Waals surface area contributed by atoms with E-state index in [1.807, 2.05) is 13.2 Å². The fourth-order valence-corrected chi connectivity index (χ4v) is 2.71. The lowest BCUT2D eigenvalue weighted by atomic mass is 10.00. The quantitative estimate of drug-likeness (QED) is 0.896. The van der Waals surface area contributed by atoms with Gasteiger partial charge in [-0.1, -0.05) is 18.2 Å². The van der Waals surface area contributed by atoms with Gasteiger partial charge in [0.15, 0.2) is 0 Å². The molecule has 3 rings (SSSR count). The van der Waals surface area contributed by atoms with E-state index >= 15 is 0 Å². The summed E-state index contributed by atoms with van der Waals surface area (Å²) in [5.41, 5.74) is 5.05. The minimum Gasteiger partial charge on any atom is -0.388 e. The van der Waals surface area contributed by atoms with Crippen molar-refractivity contribution in [2.75, 3.05) is 0 Å². The molecule has 1 aromatic carbocycles. The van der Waals surface area contributed by atoms with Crippen LogP contribution in [0.15, 0.2) is 30.6 Å². The summed E-state index contributed by atoms with van der Waals surface area (Å²) in [5.74, 6) is 0. The Bertz CT molecular complexity index is 559. The molecule has 3 heteroatoms. The molecule has 0 saturated carbocycles. The lowest BCUT2D eigenvalue weighted by Gasteiger charge is -2.10. The van der Waals surface area contributed by atoms with Crippen LogP contribution >= 0.6 is 0 Å². The van der Waals surface area contributed by atoms with Crippen LogP contribution in [0.3, 0.4) is 0 Å². The number of aryl methyl sites for hydroxylation is 3. The van der Waals surface area contributed by atoms with E-state index in [2.05, 4.69) is 23.3 Å². The highest BCUT2D eigenvalue weighted by atomic mass is 16.3. The second-order valence-electron chi connectivity index (χ2n) is 5.12. The largest absolute Gasteiger partial charge is 0.388 e. The Morgan fingerprint density at radius 2 is 2.17 bits per heavy atom. The lowest BCUT2D eigenvalue weighted by molar-refractivity contribution is 0.178. The van der Waals surface area contributed by atoms with Crippen molar-refractivity contribution in [3.05, 3.63) is 52.8 Å². The summed E-state index contributed by atoms with van der Waals surface area (Å²) in [6, 6.07) is 6.61. The van der Waals surface area contributed by atoms with Gasteiger partial charge in [-0.15, -0.1) is 0 Å². The van der Waals surface area contributed by atoms with Crippen molar-refractivity contribution in [1.29, 1.82) is 0 Å². The third kappa shape index (κ3) is 2.18. The van der Waals surface area contributed by atoms with Gasteiger partial charge in [-0.3, -0.25) is 4.68 Å². The van der Waals surface area contributed by atoms with Gasteiger partial charge in [0, 0.05) is 25.2 Å². The number of aliphatic hydroxyl groups excluding tert-OH is 1. The fourth-order valence-electron chi connectivity index (χ4n) is 2.71. The van der Waals surface area contributed by atoms with E-state index < -0.39 is 6.10 Å². The molecular formula is C15H18N2O. The summed E-state index contributed by atoms with van der Waals surface area (Å²) in [5, 5.41) is 14.3. The van der Waals surface area contributed by atoms with Gasteiger partial charge in [0.25, 0.3) is 0 Å². The van der Waals surface area contributed by atoms with Crippen LogP contribution in [0.4, 0.5) is 0 Å². The van der Waals surface area contributed by atoms with E-state index in [1.165, 1.54) is 36.0 Å². The Kier molecular flexibility index (Phi) is 2.92. The van der Waals surface area contributed by atoms with Crippen LogP contribution in [0.2, 0.25) is 0 Å². The number of benzene rings is 1. The van der Waals surface area contributed by atoms with Crippen molar-refractivity contribution in [1.82, 2.24) is 9.78 Å². The lowest BCUT2D eigenvalue weighted by Crippen LogP contribution is -2.01. The summed E-state index contributed by atoms with van der Waals surface area (Å²) in [6.07, 6.45) is 7.48. The van der Waals surface area contributed by atoms with Gasteiger partial charge in [-0.2, -0.15) is 5.10 Å². The topological polar surface area (TPSA) is 38.0 Å². The first-order chi connectivity index (χ1) is 8.72. The predicted octanol–water partition coefficient (Wildman–Crippen LogP) is 2.18. The summed E-state index contributed by atoms with van der Waals surface area (Å²) in [6.45, 7) is 0. The van der Waals surface area contributed by atoms with Crippen LogP contribution in [0.5, 0.6) is 0 Å². The third-order valence-electron chi connectivity index (χ3n) is 3.70. The first-order valence-electron chi connectivity index (χ1n) is 6.49. The van der Waals surface area contributed by atoms with Crippen molar-refractivity contribution >= 4 is 0 Å². The molecule has 1 aliphatic carbocycles. The molecule has 1 N–H and O–H groups in total. The predicted molar refractivity (Wildman–Crippen MR) is 70.3 cm³/mol.